The van der Waals surface area contributed by atoms with Crippen LogP contribution >= 0.6 is 11.3 Å². The van der Waals surface area contributed by atoms with Gasteiger partial charge >= 0.3 is 0 Å². The third-order valence-corrected chi connectivity index (χ3v) is 6.22. The second kappa shape index (κ2) is 6.09. The van der Waals surface area contributed by atoms with Gasteiger partial charge in [-0.15, -0.1) is 0 Å². The third-order valence-electron chi connectivity index (χ3n) is 4.28. The molecule has 2 aromatic rings. The normalized spacial score (nSPS) is 18.3. The van der Waals surface area contributed by atoms with Crippen molar-refractivity contribution in [2.24, 2.45) is 0 Å². The average molecular weight is 349 g/mol. The Morgan fingerprint density at radius 1 is 1.30 bits per heavy atom. The third kappa shape index (κ3) is 3.19. The number of likely N-dealkylation sites (tertiary alicyclic amines) is 1. The number of benzene rings is 1. The maximum Gasteiger partial charge on any atom is 0.254 e. The van der Waals surface area contributed by atoms with Crippen molar-refractivity contribution in [2.45, 2.75) is 30.7 Å². The van der Waals surface area contributed by atoms with Gasteiger partial charge in [-0.1, -0.05) is 6.07 Å². The van der Waals surface area contributed by atoms with Crippen molar-refractivity contribution in [3.05, 3.63) is 51.7 Å². The Morgan fingerprint density at radius 2 is 2.09 bits per heavy atom. The summed E-state index contributed by atoms with van der Waals surface area (Å²) >= 11 is 1.63. The van der Waals surface area contributed by atoms with Crippen molar-refractivity contribution < 1.29 is 13.2 Å². The highest BCUT2D eigenvalue weighted by Crippen LogP contribution is 2.34. The molecule has 1 saturated heterocycles. The van der Waals surface area contributed by atoms with Crippen LogP contribution in [0.2, 0.25) is 0 Å². The molecule has 0 aliphatic carbocycles. The molecule has 0 spiro atoms. The molecule has 6 heteroatoms. The first kappa shape index (κ1) is 16.2. The minimum Gasteiger partial charge on any atom is -0.332 e. The Balaban J connectivity index is 1.94. The molecular formula is C17H19NO3S2. The highest BCUT2D eigenvalue weighted by atomic mass is 32.2. The van der Waals surface area contributed by atoms with E-state index < -0.39 is 9.84 Å². The Labute approximate surface area is 140 Å². The van der Waals surface area contributed by atoms with E-state index in [1.807, 2.05) is 10.3 Å². The van der Waals surface area contributed by atoms with E-state index in [1.54, 1.807) is 30.4 Å². The maximum absolute atomic E-state index is 12.9. The van der Waals surface area contributed by atoms with E-state index in [0.717, 1.165) is 18.4 Å². The maximum atomic E-state index is 12.9. The number of rotatable bonds is 3. The minimum absolute atomic E-state index is 0.0939. The molecule has 0 N–H and O–H groups in total. The molecule has 2 heterocycles. The van der Waals surface area contributed by atoms with E-state index in [2.05, 4.69) is 11.4 Å². The molecule has 1 aliphatic rings. The molecule has 1 fully saturated rings. The van der Waals surface area contributed by atoms with Crippen LogP contribution in [0.5, 0.6) is 0 Å². The van der Waals surface area contributed by atoms with Crippen LogP contribution < -0.4 is 0 Å². The summed E-state index contributed by atoms with van der Waals surface area (Å²) in [6.07, 6.45) is 3.10. The molecule has 1 aliphatic heterocycles. The van der Waals surface area contributed by atoms with Gasteiger partial charge in [0.05, 0.1) is 10.9 Å². The zero-order chi connectivity index (χ0) is 16.6. The van der Waals surface area contributed by atoms with E-state index in [9.17, 15) is 13.2 Å². The Kier molecular flexibility index (Phi) is 4.29. The number of hydrogen-bond donors (Lipinski definition) is 0. The van der Waals surface area contributed by atoms with E-state index in [-0.39, 0.29) is 16.8 Å². The number of hydrogen-bond acceptors (Lipinski definition) is 4. The number of thiophene rings is 1. The summed E-state index contributed by atoms with van der Waals surface area (Å²) in [6, 6.07) is 7.08. The second-order valence-corrected chi connectivity index (χ2v) is 8.73. The fraction of sp³-hybridized carbons (Fsp3) is 0.353. The summed E-state index contributed by atoms with van der Waals surface area (Å²) in [6.45, 7) is 2.45. The zero-order valence-electron chi connectivity index (χ0n) is 13.2. The Hall–Kier alpha value is -1.66. The largest absolute Gasteiger partial charge is 0.332 e. The van der Waals surface area contributed by atoms with Crippen molar-refractivity contribution in [3.8, 4) is 0 Å². The van der Waals surface area contributed by atoms with Crippen LogP contribution in [0.25, 0.3) is 0 Å². The number of aryl methyl sites for hydroxylation is 1. The lowest BCUT2D eigenvalue weighted by Crippen LogP contribution is -2.30. The molecule has 1 aromatic heterocycles. The number of nitrogens with zero attached hydrogens (tertiary/aromatic N) is 1. The van der Waals surface area contributed by atoms with Crippen molar-refractivity contribution in [3.63, 3.8) is 0 Å². The van der Waals surface area contributed by atoms with Gasteiger partial charge in [-0.2, -0.15) is 11.3 Å². The highest BCUT2D eigenvalue weighted by molar-refractivity contribution is 7.90. The van der Waals surface area contributed by atoms with Crippen molar-refractivity contribution in [2.75, 3.05) is 12.8 Å². The van der Waals surface area contributed by atoms with Crippen LogP contribution in [-0.2, 0) is 9.84 Å². The van der Waals surface area contributed by atoms with E-state index >= 15 is 0 Å². The molecule has 0 bridgehead atoms. The van der Waals surface area contributed by atoms with Crippen molar-refractivity contribution >= 4 is 27.1 Å². The lowest BCUT2D eigenvalue weighted by Gasteiger charge is -2.24. The van der Waals surface area contributed by atoms with Gasteiger partial charge in [-0.25, -0.2) is 8.42 Å². The monoisotopic (exact) mass is 349 g/mol. The van der Waals surface area contributed by atoms with Crippen LogP contribution in [-0.4, -0.2) is 32.0 Å². The van der Waals surface area contributed by atoms with E-state index in [0.29, 0.717) is 17.7 Å². The molecule has 1 aromatic carbocycles. The van der Waals surface area contributed by atoms with Gasteiger partial charge in [-0.05, 0) is 59.9 Å². The summed E-state index contributed by atoms with van der Waals surface area (Å²) in [4.78, 5) is 15.0. The summed E-state index contributed by atoms with van der Waals surface area (Å²) in [7, 11) is -3.34. The molecule has 122 valence electrons. The summed E-state index contributed by atoms with van der Waals surface area (Å²) in [5, 5.41) is 4.09. The number of carbonyl (C=O) groups is 1. The highest BCUT2D eigenvalue weighted by Gasteiger charge is 2.31. The Morgan fingerprint density at radius 3 is 2.74 bits per heavy atom. The fourth-order valence-corrected chi connectivity index (χ4v) is 4.82. The molecule has 1 atom stereocenters. The molecule has 0 saturated carbocycles. The molecule has 1 amide bonds. The van der Waals surface area contributed by atoms with Gasteiger partial charge in [0.1, 0.15) is 0 Å². The van der Waals surface area contributed by atoms with Gasteiger partial charge < -0.3 is 4.90 Å². The summed E-state index contributed by atoms with van der Waals surface area (Å²) in [5.41, 5.74) is 2.27. The Bertz CT molecular complexity index is 826. The lowest BCUT2D eigenvalue weighted by molar-refractivity contribution is 0.0735. The molecule has 0 radical (unpaired) electrons. The molecule has 23 heavy (non-hydrogen) atoms. The smallest absolute Gasteiger partial charge is 0.254 e. The standard InChI is InChI=1S/C17H19NO3S2/c1-12-5-6-13(10-16(12)23(2,20)21)17(19)18-8-3-4-15(18)14-7-9-22-11-14/h5-7,9-11,15H,3-4,8H2,1-2H3. The first-order valence-electron chi connectivity index (χ1n) is 7.51. The summed E-state index contributed by atoms with van der Waals surface area (Å²) < 4.78 is 23.8. The van der Waals surface area contributed by atoms with Crippen LogP contribution in [0, 0.1) is 6.92 Å². The molecule has 3 rings (SSSR count). The van der Waals surface area contributed by atoms with Gasteiger partial charge in [0.25, 0.3) is 5.91 Å². The predicted octanol–water partition coefficient (Wildman–Crippen LogP) is 3.44. The second-order valence-electron chi connectivity index (χ2n) is 5.97. The van der Waals surface area contributed by atoms with E-state index in [1.165, 1.54) is 12.3 Å². The first-order valence-corrected chi connectivity index (χ1v) is 10.3. The van der Waals surface area contributed by atoms with Crippen LogP contribution in [0.15, 0.2) is 39.9 Å². The van der Waals surface area contributed by atoms with Gasteiger partial charge in [-0.3, -0.25) is 4.79 Å². The average Bonchev–Trinajstić information content (AvgIpc) is 3.16. The molecular weight excluding hydrogens is 330 g/mol. The van der Waals surface area contributed by atoms with Crippen molar-refractivity contribution in [1.29, 1.82) is 0 Å². The van der Waals surface area contributed by atoms with Gasteiger partial charge in [0.15, 0.2) is 9.84 Å². The zero-order valence-corrected chi connectivity index (χ0v) is 14.8. The van der Waals surface area contributed by atoms with Crippen molar-refractivity contribution in [1.82, 2.24) is 4.90 Å². The van der Waals surface area contributed by atoms with Gasteiger partial charge in [0, 0.05) is 18.4 Å². The lowest BCUT2D eigenvalue weighted by atomic mass is 10.1. The number of amides is 1. The molecule has 1 unspecified atom stereocenters. The van der Waals surface area contributed by atoms with Crippen LogP contribution in [0.1, 0.15) is 40.4 Å². The van der Waals surface area contributed by atoms with Gasteiger partial charge in [0.2, 0.25) is 0 Å². The quantitative estimate of drug-likeness (QED) is 0.853. The topological polar surface area (TPSA) is 54.5 Å². The number of sulfone groups is 1. The molecule has 4 nitrogen and oxygen atoms in total. The SMILES string of the molecule is Cc1ccc(C(=O)N2CCCC2c2ccsc2)cc1S(C)(=O)=O. The number of carbonyl (C=O) groups excluding carboxylic acids is 1. The fourth-order valence-electron chi connectivity index (χ4n) is 3.12. The summed E-state index contributed by atoms with van der Waals surface area (Å²) in [5.74, 6) is -0.0939. The minimum atomic E-state index is -3.34. The van der Waals surface area contributed by atoms with Crippen LogP contribution in [0.3, 0.4) is 0 Å². The van der Waals surface area contributed by atoms with Crippen LogP contribution in [0.4, 0.5) is 0 Å². The first-order chi connectivity index (χ1) is 10.9. The predicted molar refractivity (Wildman–Crippen MR) is 91.6 cm³/mol. The van der Waals surface area contributed by atoms with E-state index in [4.69, 9.17) is 0 Å².